The normalized spacial score (nSPS) is 28.9. The molecule has 0 bridgehead atoms. The summed E-state index contributed by atoms with van der Waals surface area (Å²) in [6, 6.07) is -1.02. The Hall–Kier alpha value is -3.55. The lowest BCUT2D eigenvalue weighted by atomic mass is 9.96. The maximum absolute atomic E-state index is 13.4. The monoisotopic (exact) mass is 1260 g/mol. The molecule has 19 heteroatoms. The lowest BCUT2D eigenvalue weighted by Crippen LogP contribution is -2.66. The summed E-state index contributed by atoms with van der Waals surface area (Å²) in [6.45, 7) is 1.55. The van der Waals surface area contributed by atoms with Gasteiger partial charge in [-0.05, 0) is 96.3 Å². The second-order valence-electron chi connectivity index (χ2n) is 23.5. The van der Waals surface area contributed by atoms with Crippen LogP contribution in [-0.4, -0.2) is 193 Å². The molecule has 3 rings (SSSR count). The molecule has 0 saturated carbocycles. The van der Waals surface area contributed by atoms with Gasteiger partial charge in [-0.2, -0.15) is 0 Å². The van der Waals surface area contributed by atoms with Gasteiger partial charge in [0.25, 0.3) is 0 Å². The second-order valence-corrected chi connectivity index (χ2v) is 23.5. The van der Waals surface area contributed by atoms with Crippen LogP contribution in [-0.2, 0) is 33.2 Å². The third-order valence-electron chi connectivity index (χ3n) is 16.0. The molecular weight excluding hydrogens is 1140 g/mol. The predicted octanol–water partition coefficient (Wildman–Crippen LogP) is 8.27. The largest absolute Gasteiger partial charge is 0.394 e. The fraction of sp³-hybridized carbons (Fsp3) is 0.729. The molecule has 0 aromatic carbocycles. The smallest absolute Gasteiger partial charge is 0.220 e. The van der Waals surface area contributed by atoms with Gasteiger partial charge in [0.2, 0.25) is 5.91 Å². The number of rotatable bonds is 49. The molecule has 1 amide bonds. The van der Waals surface area contributed by atoms with Crippen LogP contribution >= 0.6 is 0 Å². The molecule has 19 nitrogen and oxygen atoms in total. The van der Waals surface area contributed by atoms with Gasteiger partial charge < -0.3 is 89.9 Å². The van der Waals surface area contributed by atoms with Gasteiger partial charge in [0.1, 0.15) is 73.2 Å². The fourth-order valence-electron chi connectivity index (χ4n) is 10.6. The topological polar surface area (TPSA) is 307 Å². The molecule has 510 valence electrons. The Morgan fingerprint density at radius 3 is 1.26 bits per heavy atom. The first kappa shape index (κ1) is 79.7. The Morgan fingerprint density at radius 1 is 0.416 bits per heavy atom. The van der Waals surface area contributed by atoms with E-state index in [2.05, 4.69) is 116 Å². The Balaban J connectivity index is 1.49. The highest BCUT2D eigenvalue weighted by Crippen LogP contribution is 2.33. The molecule has 0 spiro atoms. The molecule has 17 atom stereocenters. The quantitative estimate of drug-likeness (QED) is 0.0201. The van der Waals surface area contributed by atoms with Crippen LogP contribution in [0.25, 0.3) is 0 Å². The molecular formula is C70H117NO18. The number of hydrogen-bond donors (Lipinski definition) is 12. The lowest BCUT2D eigenvalue weighted by Gasteiger charge is -2.48. The lowest BCUT2D eigenvalue weighted by molar-refractivity contribution is -0.379. The zero-order valence-electron chi connectivity index (χ0n) is 53.6. The molecule has 89 heavy (non-hydrogen) atoms. The van der Waals surface area contributed by atoms with Crippen molar-refractivity contribution < 1.29 is 89.4 Å². The Morgan fingerprint density at radius 2 is 0.787 bits per heavy atom. The van der Waals surface area contributed by atoms with E-state index >= 15 is 0 Å². The molecule has 0 aromatic rings. The van der Waals surface area contributed by atoms with Gasteiger partial charge >= 0.3 is 0 Å². The number of nitrogens with one attached hydrogen (secondary N) is 1. The van der Waals surface area contributed by atoms with Gasteiger partial charge in [-0.1, -0.05) is 200 Å². The van der Waals surface area contributed by atoms with Gasteiger partial charge in [0.05, 0.1) is 38.6 Å². The van der Waals surface area contributed by atoms with E-state index < -0.39 is 131 Å². The molecule has 3 heterocycles. The minimum Gasteiger partial charge on any atom is -0.394 e. The average Bonchev–Trinajstić information content (AvgIpc) is 2.09. The van der Waals surface area contributed by atoms with Crippen molar-refractivity contribution in [1.82, 2.24) is 5.32 Å². The van der Waals surface area contributed by atoms with E-state index in [0.29, 0.717) is 12.8 Å². The number of hydrogen-bond acceptors (Lipinski definition) is 18. The van der Waals surface area contributed by atoms with E-state index in [1.54, 1.807) is 6.08 Å². The van der Waals surface area contributed by atoms with E-state index in [4.69, 9.17) is 28.4 Å². The highest BCUT2D eigenvalue weighted by Gasteiger charge is 2.53. The SMILES string of the molecule is CC/C=C\C/C=C\C/C=C\C/C=C\C/C=C\C/C=C\CCCCCCC(=O)NC(COC1OC(CO)C(OC2OC(CO)C(OC3OC(CO)C(O)C(O)C3O)C(O)C2O)C(O)C1O)C(O)/C=C/CC/C=C/CC/C=C/CCCCCCCCCCCCC. The van der Waals surface area contributed by atoms with Crippen LogP contribution in [0.15, 0.2) is 109 Å². The molecule has 3 fully saturated rings. The molecule has 3 aliphatic heterocycles. The van der Waals surface area contributed by atoms with E-state index in [-0.39, 0.29) is 12.3 Å². The minimum absolute atomic E-state index is 0.195. The van der Waals surface area contributed by atoms with Crippen LogP contribution in [0.3, 0.4) is 0 Å². The first-order valence-corrected chi connectivity index (χ1v) is 33.6. The molecule has 17 unspecified atom stereocenters. The van der Waals surface area contributed by atoms with E-state index in [0.717, 1.165) is 89.9 Å². The van der Waals surface area contributed by atoms with Gasteiger partial charge in [-0.25, -0.2) is 0 Å². The van der Waals surface area contributed by atoms with Crippen LogP contribution in [0.2, 0.25) is 0 Å². The molecule has 0 aromatic heterocycles. The second kappa shape index (κ2) is 50.9. The van der Waals surface area contributed by atoms with Gasteiger partial charge in [-0.15, -0.1) is 0 Å². The van der Waals surface area contributed by atoms with Crippen LogP contribution in [0.4, 0.5) is 0 Å². The number of carbonyl (C=O) groups excluding carboxylic acids is 1. The summed E-state index contributed by atoms with van der Waals surface area (Å²) in [5.74, 6) is -0.319. The Bertz CT molecular complexity index is 2040. The Kier molecular flexibility index (Phi) is 45.6. The van der Waals surface area contributed by atoms with Crippen LogP contribution in [0.5, 0.6) is 0 Å². The van der Waals surface area contributed by atoms with Crippen molar-refractivity contribution >= 4 is 5.91 Å². The zero-order valence-corrected chi connectivity index (χ0v) is 53.6. The molecule has 0 radical (unpaired) electrons. The van der Waals surface area contributed by atoms with E-state index in [9.17, 15) is 61.0 Å². The van der Waals surface area contributed by atoms with Crippen molar-refractivity contribution in [2.45, 2.75) is 298 Å². The van der Waals surface area contributed by atoms with Gasteiger partial charge in [0, 0.05) is 6.42 Å². The summed E-state index contributed by atoms with van der Waals surface area (Å²) < 4.78 is 34.3. The van der Waals surface area contributed by atoms with Crippen LogP contribution in [0, 0.1) is 0 Å². The van der Waals surface area contributed by atoms with Gasteiger partial charge in [-0.3, -0.25) is 4.79 Å². The predicted molar refractivity (Wildman–Crippen MR) is 346 cm³/mol. The highest BCUT2D eigenvalue weighted by molar-refractivity contribution is 5.76. The highest BCUT2D eigenvalue weighted by atomic mass is 16.8. The van der Waals surface area contributed by atoms with Crippen molar-refractivity contribution in [3.63, 3.8) is 0 Å². The number of aliphatic hydroxyl groups excluding tert-OH is 11. The maximum atomic E-state index is 13.4. The van der Waals surface area contributed by atoms with Crippen LogP contribution < -0.4 is 5.32 Å². The summed E-state index contributed by atoms with van der Waals surface area (Å²) in [7, 11) is 0. The van der Waals surface area contributed by atoms with Crippen molar-refractivity contribution in [2.24, 2.45) is 0 Å². The number of ether oxygens (including phenoxy) is 6. The van der Waals surface area contributed by atoms with E-state index in [1.165, 1.54) is 70.6 Å². The number of aliphatic hydroxyl groups is 11. The summed E-state index contributed by atoms with van der Waals surface area (Å²) in [5.41, 5.74) is 0. The fourth-order valence-corrected chi connectivity index (χ4v) is 10.6. The Labute approximate surface area is 532 Å². The molecule has 3 saturated heterocycles. The molecule has 12 N–H and O–H groups in total. The molecule has 3 aliphatic rings. The summed E-state index contributed by atoms with van der Waals surface area (Å²) in [4.78, 5) is 13.4. The zero-order chi connectivity index (χ0) is 64.7. The summed E-state index contributed by atoms with van der Waals surface area (Å²) >= 11 is 0. The van der Waals surface area contributed by atoms with Crippen molar-refractivity contribution in [3.8, 4) is 0 Å². The number of carbonyl (C=O) groups is 1. The van der Waals surface area contributed by atoms with E-state index in [1.807, 2.05) is 6.08 Å². The first-order chi connectivity index (χ1) is 43.3. The average molecular weight is 1260 g/mol. The minimum atomic E-state index is -1.99. The summed E-state index contributed by atoms with van der Waals surface area (Å²) in [5, 5.41) is 120. The summed E-state index contributed by atoms with van der Waals surface area (Å²) in [6.07, 6.45) is 40.6. The number of allylic oxidation sites excluding steroid dienone is 17. The maximum Gasteiger partial charge on any atom is 0.220 e. The van der Waals surface area contributed by atoms with Crippen molar-refractivity contribution in [1.29, 1.82) is 0 Å². The standard InChI is InChI=1S/C70H117NO18/c1-3-5-7-9-11-13-15-17-19-21-23-25-26-28-30-32-34-36-38-40-42-44-46-48-58(76)71-53(54(75)47-45-43-41-39-37-35-33-31-29-27-24-22-20-18-16-14-12-10-8-6-4-2)52-84-68-64(82)61(79)66(56(50-73)86-68)89-70-65(83)62(80)67(57(51-74)87-70)88-69-63(81)60(78)59(77)55(49-72)85-69/h5,7,11,13,17,19,23,25,28-31,34,36-37,39,45,47,53-57,59-70,72-75,77-83H,3-4,6,8-10,12,14-16,18,20-22,24,26-27,32-33,35,38,40-44,46,48-52H2,1-2H3,(H,71,76)/b7-5-,13-11-,19-17-,25-23-,30-28-,31-29+,36-34-,39-37+,47-45+. The third kappa shape index (κ3) is 33.2. The van der Waals surface area contributed by atoms with Gasteiger partial charge in [0.15, 0.2) is 18.9 Å². The number of amides is 1. The first-order valence-electron chi connectivity index (χ1n) is 33.6. The third-order valence-corrected chi connectivity index (χ3v) is 16.0. The van der Waals surface area contributed by atoms with Crippen LogP contribution in [0.1, 0.15) is 194 Å². The van der Waals surface area contributed by atoms with Crippen molar-refractivity contribution in [3.05, 3.63) is 109 Å². The molecule has 0 aliphatic carbocycles. The number of unbranched alkanes of at least 4 members (excludes halogenated alkanes) is 17. The van der Waals surface area contributed by atoms with Crippen molar-refractivity contribution in [2.75, 3.05) is 26.4 Å².